The Hall–Kier alpha value is -3.60. The second-order valence-electron chi connectivity index (χ2n) is 6.78. The van der Waals surface area contributed by atoms with E-state index in [1.165, 1.54) is 0 Å². The summed E-state index contributed by atoms with van der Waals surface area (Å²) in [6.45, 7) is 4.37. The predicted molar refractivity (Wildman–Crippen MR) is 120 cm³/mol. The van der Waals surface area contributed by atoms with E-state index in [-0.39, 0.29) is 11.8 Å². The maximum Gasteiger partial charge on any atom is 0.265 e. The Morgan fingerprint density at radius 3 is 2.20 bits per heavy atom. The number of benzene rings is 3. The first-order valence-corrected chi connectivity index (χ1v) is 10.1. The Kier molecular flexibility index (Phi) is 7.22. The van der Waals surface area contributed by atoms with Gasteiger partial charge < -0.3 is 15.0 Å². The number of carbonyl (C=O) groups is 2. The molecule has 0 spiro atoms. The first-order valence-electron chi connectivity index (χ1n) is 10.1. The number of para-hydroxylation sites is 2. The van der Waals surface area contributed by atoms with E-state index in [0.29, 0.717) is 30.0 Å². The van der Waals surface area contributed by atoms with Crippen molar-refractivity contribution in [2.45, 2.75) is 26.4 Å². The molecule has 2 amide bonds. The Balaban J connectivity index is 1.72. The summed E-state index contributed by atoms with van der Waals surface area (Å²) in [5.41, 5.74) is 1.90. The molecule has 0 heterocycles. The highest BCUT2D eigenvalue weighted by Crippen LogP contribution is 2.20. The van der Waals surface area contributed by atoms with Crippen molar-refractivity contribution < 1.29 is 14.3 Å². The number of anilines is 2. The quantitative estimate of drug-likeness (QED) is 0.567. The minimum Gasteiger partial charge on any atom is -0.481 e. The first kappa shape index (κ1) is 21.1. The molecule has 0 aliphatic heterocycles. The third kappa shape index (κ3) is 5.26. The van der Waals surface area contributed by atoms with Crippen LogP contribution in [0.15, 0.2) is 84.9 Å². The molecular formula is C25H26N2O3. The smallest absolute Gasteiger partial charge is 0.265 e. The monoisotopic (exact) mass is 402 g/mol. The van der Waals surface area contributed by atoms with Crippen LogP contribution in [0.1, 0.15) is 30.6 Å². The van der Waals surface area contributed by atoms with Gasteiger partial charge in [0.2, 0.25) is 0 Å². The van der Waals surface area contributed by atoms with E-state index < -0.39 is 6.10 Å². The van der Waals surface area contributed by atoms with Crippen LogP contribution in [-0.2, 0) is 4.79 Å². The first-order chi connectivity index (χ1) is 14.6. The molecule has 0 radical (unpaired) electrons. The van der Waals surface area contributed by atoms with Gasteiger partial charge in [0.1, 0.15) is 5.75 Å². The van der Waals surface area contributed by atoms with Crippen molar-refractivity contribution in [3.63, 3.8) is 0 Å². The standard InChI is InChI=1S/C25H26N2O3/c1-3-23(30-22-16-9-6-10-17-22)24(28)26-20-13-11-12-19(18-20)25(29)27(4-2)21-14-7-5-8-15-21/h5-18,23H,3-4H2,1-2H3,(H,26,28). The highest BCUT2D eigenvalue weighted by atomic mass is 16.5. The lowest BCUT2D eigenvalue weighted by Crippen LogP contribution is -2.33. The van der Waals surface area contributed by atoms with E-state index in [0.717, 1.165) is 5.69 Å². The zero-order valence-electron chi connectivity index (χ0n) is 17.2. The number of hydrogen-bond acceptors (Lipinski definition) is 3. The average molecular weight is 402 g/mol. The van der Waals surface area contributed by atoms with Crippen molar-refractivity contribution in [3.05, 3.63) is 90.5 Å². The molecule has 1 N–H and O–H groups in total. The summed E-state index contributed by atoms with van der Waals surface area (Å²) >= 11 is 0. The number of carbonyl (C=O) groups excluding carboxylic acids is 2. The van der Waals surface area contributed by atoms with Crippen molar-refractivity contribution in [2.24, 2.45) is 0 Å². The van der Waals surface area contributed by atoms with Gasteiger partial charge in [-0.1, -0.05) is 49.4 Å². The van der Waals surface area contributed by atoms with Crippen LogP contribution in [0.5, 0.6) is 5.75 Å². The summed E-state index contributed by atoms with van der Waals surface area (Å²) in [5.74, 6) is 0.276. The average Bonchev–Trinajstić information content (AvgIpc) is 2.79. The molecule has 5 heteroatoms. The van der Waals surface area contributed by atoms with E-state index in [1.54, 1.807) is 29.2 Å². The fourth-order valence-electron chi connectivity index (χ4n) is 3.15. The van der Waals surface area contributed by atoms with Gasteiger partial charge >= 0.3 is 0 Å². The molecule has 0 bridgehead atoms. The van der Waals surface area contributed by atoms with Crippen LogP contribution < -0.4 is 15.0 Å². The van der Waals surface area contributed by atoms with Gasteiger partial charge in [0.15, 0.2) is 6.10 Å². The second kappa shape index (κ2) is 10.3. The number of rotatable bonds is 8. The molecule has 0 aliphatic rings. The minimum atomic E-state index is -0.622. The lowest BCUT2D eigenvalue weighted by Gasteiger charge is -2.21. The van der Waals surface area contributed by atoms with Crippen molar-refractivity contribution in [3.8, 4) is 5.75 Å². The van der Waals surface area contributed by atoms with Gasteiger partial charge in [-0.15, -0.1) is 0 Å². The number of nitrogens with one attached hydrogen (secondary N) is 1. The summed E-state index contributed by atoms with van der Waals surface area (Å²) in [6, 6.07) is 25.8. The van der Waals surface area contributed by atoms with Crippen molar-refractivity contribution in [1.29, 1.82) is 0 Å². The normalized spacial score (nSPS) is 11.4. The maximum absolute atomic E-state index is 13.0. The molecule has 0 fully saturated rings. The van der Waals surface area contributed by atoms with E-state index in [4.69, 9.17) is 4.74 Å². The summed E-state index contributed by atoms with van der Waals surface area (Å²) < 4.78 is 5.80. The number of ether oxygens (including phenoxy) is 1. The highest BCUT2D eigenvalue weighted by Gasteiger charge is 2.20. The lowest BCUT2D eigenvalue weighted by atomic mass is 10.1. The zero-order valence-corrected chi connectivity index (χ0v) is 17.2. The molecular weight excluding hydrogens is 376 g/mol. The van der Waals surface area contributed by atoms with E-state index in [9.17, 15) is 9.59 Å². The minimum absolute atomic E-state index is 0.118. The van der Waals surface area contributed by atoms with Crippen molar-refractivity contribution in [1.82, 2.24) is 0 Å². The summed E-state index contributed by atoms with van der Waals surface area (Å²) in [7, 11) is 0. The van der Waals surface area contributed by atoms with Crippen LogP contribution in [0.4, 0.5) is 11.4 Å². The molecule has 3 aromatic rings. The molecule has 1 atom stereocenters. The molecule has 1 unspecified atom stereocenters. The van der Waals surface area contributed by atoms with Crippen LogP contribution in [0.3, 0.4) is 0 Å². The third-order valence-corrected chi connectivity index (χ3v) is 4.69. The van der Waals surface area contributed by atoms with E-state index in [2.05, 4.69) is 5.32 Å². The Labute approximate surface area is 177 Å². The van der Waals surface area contributed by atoms with E-state index in [1.807, 2.05) is 74.5 Å². The summed E-state index contributed by atoms with van der Waals surface area (Å²) in [6.07, 6.45) is -0.0973. The SMILES string of the molecule is CCC(Oc1ccccc1)C(=O)Nc1cccc(C(=O)N(CC)c2ccccc2)c1. The zero-order chi connectivity index (χ0) is 21.3. The molecule has 0 aliphatic carbocycles. The van der Waals surface area contributed by atoms with Crippen LogP contribution in [-0.4, -0.2) is 24.5 Å². The molecule has 0 saturated heterocycles. The number of amides is 2. The Morgan fingerprint density at radius 1 is 0.900 bits per heavy atom. The van der Waals surface area contributed by atoms with Gasteiger partial charge in [0, 0.05) is 23.5 Å². The molecule has 3 rings (SSSR count). The van der Waals surface area contributed by atoms with Crippen LogP contribution in [0, 0.1) is 0 Å². The van der Waals surface area contributed by atoms with Gasteiger partial charge in [-0.3, -0.25) is 9.59 Å². The van der Waals surface area contributed by atoms with E-state index >= 15 is 0 Å². The second-order valence-corrected chi connectivity index (χ2v) is 6.78. The Morgan fingerprint density at radius 2 is 1.57 bits per heavy atom. The molecule has 5 nitrogen and oxygen atoms in total. The summed E-state index contributed by atoms with van der Waals surface area (Å²) in [4.78, 5) is 27.4. The van der Waals surface area contributed by atoms with Crippen molar-refractivity contribution in [2.75, 3.05) is 16.8 Å². The highest BCUT2D eigenvalue weighted by molar-refractivity contribution is 6.07. The molecule has 154 valence electrons. The fourth-order valence-corrected chi connectivity index (χ4v) is 3.15. The van der Waals surface area contributed by atoms with Gasteiger partial charge in [-0.25, -0.2) is 0 Å². The fraction of sp³-hybridized carbons (Fsp3) is 0.200. The molecule has 30 heavy (non-hydrogen) atoms. The molecule has 3 aromatic carbocycles. The maximum atomic E-state index is 13.0. The van der Waals surface area contributed by atoms with Gasteiger partial charge in [0.25, 0.3) is 11.8 Å². The van der Waals surface area contributed by atoms with Crippen LogP contribution in [0.25, 0.3) is 0 Å². The largest absolute Gasteiger partial charge is 0.481 e. The summed E-state index contributed by atoms with van der Waals surface area (Å²) in [5, 5.41) is 2.87. The predicted octanol–water partition coefficient (Wildman–Crippen LogP) is 5.15. The lowest BCUT2D eigenvalue weighted by molar-refractivity contribution is -0.122. The van der Waals surface area contributed by atoms with Gasteiger partial charge in [-0.05, 0) is 55.8 Å². The van der Waals surface area contributed by atoms with Crippen LogP contribution in [0.2, 0.25) is 0 Å². The Bertz CT molecular complexity index is 974. The van der Waals surface area contributed by atoms with Gasteiger partial charge in [-0.2, -0.15) is 0 Å². The molecule has 0 aromatic heterocycles. The van der Waals surface area contributed by atoms with Crippen molar-refractivity contribution >= 4 is 23.2 Å². The number of hydrogen-bond donors (Lipinski definition) is 1. The van der Waals surface area contributed by atoms with Gasteiger partial charge in [0.05, 0.1) is 0 Å². The number of nitrogens with zero attached hydrogens (tertiary/aromatic N) is 1. The van der Waals surface area contributed by atoms with Crippen LogP contribution >= 0.6 is 0 Å². The third-order valence-electron chi connectivity index (χ3n) is 4.69. The molecule has 0 saturated carbocycles. The topological polar surface area (TPSA) is 58.6 Å².